The van der Waals surface area contributed by atoms with Gasteiger partial charge in [0.25, 0.3) is 17.0 Å². The van der Waals surface area contributed by atoms with Crippen molar-refractivity contribution in [2.45, 2.75) is 27.7 Å². The van der Waals surface area contributed by atoms with Gasteiger partial charge in [0.15, 0.2) is 0 Å². The number of aromatic amines is 2. The van der Waals surface area contributed by atoms with Gasteiger partial charge in [-0.2, -0.15) is 0 Å². The number of aromatic nitrogens is 2. The van der Waals surface area contributed by atoms with Crippen molar-refractivity contribution in [2.24, 2.45) is 0 Å². The highest BCUT2D eigenvalue weighted by atomic mass is 16.2. The SMILES string of the molecule is C=C1NC(=O)C(C)=C1C.Cc1c(C)c(=O)[nH][nH]c1=O. The summed E-state index contributed by atoms with van der Waals surface area (Å²) in [5.74, 6) is -0.0162. The fourth-order valence-electron chi connectivity index (χ4n) is 1.36. The first-order valence-electron chi connectivity index (χ1n) is 5.72. The summed E-state index contributed by atoms with van der Waals surface area (Å²) in [5.41, 5.74) is 2.96. The largest absolute Gasteiger partial charge is 0.323 e. The second-order valence-electron chi connectivity index (χ2n) is 4.34. The predicted molar refractivity (Wildman–Crippen MR) is 72.8 cm³/mol. The zero-order valence-electron chi connectivity index (χ0n) is 11.4. The topological polar surface area (TPSA) is 94.8 Å². The maximum atomic E-state index is 10.8. The van der Waals surface area contributed by atoms with Crippen molar-refractivity contribution < 1.29 is 4.79 Å². The zero-order valence-corrected chi connectivity index (χ0v) is 11.4. The van der Waals surface area contributed by atoms with Gasteiger partial charge in [-0.1, -0.05) is 6.58 Å². The number of carbonyl (C=O) groups excluding carboxylic acids is 1. The standard InChI is InChI=1S/C7H9NO.C6H8N2O2/c1-4-5(2)7(9)8-6(4)3;1-3-4(2)6(10)8-7-5(3)9/h3H2,1-2H3,(H,8,9);1-2H3,(H,7,9)(H,8,10). The van der Waals surface area contributed by atoms with E-state index in [-0.39, 0.29) is 17.0 Å². The van der Waals surface area contributed by atoms with E-state index < -0.39 is 0 Å². The molecule has 1 aromatic rings. The van der Waals surface area contributed by atoms with Crippen LogP contribution in [0.3, 0.4) is 0 Å². The molecule has 1 aromatic heterocycles. The van der Waals surface area contributed by atoms with Gasteiger partial charge in [0.05, 0.1) is 0 Å². The average molecular weight is 263 g/mol. The van der Waals surface area contributed by atoms with Crippen LogP contribution in [-0.4, -0.2) is 16.1 Å². The Morgan fingerprint density at radius 2 is 1.21 bits per heavy atom. The normalized spacial score (nSPS) is 14.1. The van der Waals surface area contributed by atoms with Crippen LogP contribution in [-0.2, 0) is 4.79 Å². The zero-order chi connectivity index (χ0) is 14.7. The summed E-state index contributed by atoms with van der Waals surface area (Å²) in [6.07, 6.45) is 0. The Bertz CT molecular complexity index is 620. The molecule has 0 unspecified atom stereocenters. The minimum atomic E-state index is -0.239. The molecular formula is C13H17N3O3. The molecule has 0 radical (unpaired) electrons. The summed E-state index contributed by atoms with van der Waals surface area (Å²) < 4.78 is 0. The van der Waals surface area contributed by atoms with Gasteiger partial charge in [0.2, 0.25) is 0 Å². The number of carbonyl (C=O) groups is 1. The first kappa shape index (κ1) is 14.7. The molecule has 1 aliphatic rings. The monoisotopic (exact) mass is 263 g/mol. The van der Waals surface area contributed by atoms with E-state index in [2.05, 4.69) is 22.1 Å². The summed E-state index contributed by atoms with van der Waals surface area (Å²) in [4.78, 5) is 32.3. The van der Waals surface area contributed by atoms with E-state index in [0.29, 0.717) is 11.1 Å². The Balaban J connectivity index is 0.000000191. The first-order valence-corrected chi connectivity index (χ1v) is 5.72. The van der Waals surface area contributed by atoms with Gasteiger partial charge in [-0.15, -0.1) is 0 Å². The third-order valence-corrected chi connectivity index (χ3v) is 3.15. The van der Waals surface area contributed by atoms with E-state index in [4.69, 9.17) is 0 Å². The van der Waals surface area contributed by atoms with Crippen molar-refractivity contribution >= 4 is 5.91 Å². The molecule has 3 N–H and O–H groups in total. The second-order valence-corrected chi connectivity index (χ2v) is 4.34. The summed E-state index contributed by atoms with van der Waals surface area (Å²) in [7, 11) is 0. The van der Waals surface area contributed by atoms with Crippen LogP contribution in [0.5, 0.6) is 0 Å². The van der Waals surface area contributed by atoms with E-state index >= 15 is 0 Å². The molecule has 0 fully saturated rings. The van der Waals surface area contributed by atoms with Crippen molar-refractivity contribution in [1.29, 1.82) is 0 Å². The van der Waals surface area contributed by atoms with Gasteiger partial charge in [0, 0.05) is 22.4 Å². The van der Waals surface area contributed by atoms with E-state index in [9.17, 15) is 14.4 Å². The molecule has 6 nitrogen and oxygen atoms in total. The third kappa shape index (κ3) is 3.09. The van der Waals surface area contributed by atoms with Crippen LogP contribution in [0.15, 0.2) is 33.0 Å². The fourth-order valence-corrected chi connectivity index (χ4v) is 1.36. The van der Waals surface area contributed by atoms with Crippen molar-refractivity contribution in [2.75, 3.05) is 0 Å². The molecule has 1 amide bonds. The van der Waals surface area contributed by atoms with Gasteiger partial charge in [-0.05, 0) is 33.3 Å². The average Bonchev–Trinajstić information content (AvgIpc) is 2.59. The molecule has 0 spiro atoms. The maximum absolute atomic E-state index is 10.8. The number of amides is 1. The minimum Gasteiger partial charge on any atom is -0.323 e. The molecule has 0 bridgehead atoms. The maximum Gasteiger partial charge on any atom is 0.265 e. The molecule has 0 saturated carbocycles. The molecule has 102 valence electrons. The van der Waals surface area contributed by atoms with Crippen LogP contribution in [0.2, 0.25) is 0 Å². The van der Waals surface area contributed by atoms with Gasteiger partial charge in [0.1, 0.15) is 0 Å². The Morgan fingerprint density at radius 1 is 0.789 bits per heavy atom. The summed E-state index contributed by atoms with van der Waals surface area (Å²) >= 11 is 0. The summed E-state index contributed by atoms with van der Waals surface area (Å²) in [6.45, 7) is 10.6. The molecule has 1 aliphatic heterocycles. The lowest BCUT2D eigenvalue weighted by atomic mass is 10.2. The number of hydrogen-bond donors (Lipinski definition) is 3. The molecule has 6 heteroatoms. The number of nitrogens with one attached hydrogen (secondary N) is 3. The molecule has 0 atom stereocenters. The quantitative estimate of drug-likeness (QED) is 0.641. The molecule has 0 aliphatic carbocycles. The summed E-state index contributed by atoms with van der Waals surface area (Å²) in [5, 5.41) is 7.04. The second kappa shape index (κ2) is 5.51. The predicted octanol–water partition coefficient (Wildman–Crippen LogP) is 0.646. The van der Waals surface area contributed by atoms with E-state index in [1.807, 2.05) is 6.92 Å². The summed E-state index contributed by atoms with van der Waals surface area (Å²) in [6, 6.07) is 0. The van der Waals surface area contributed by atoms with Crippen molar-refractivity contribution in [3.8, 4) is 0 Å². The number of rotatable bonds is 0. The third-order valence-electron chi connectivity index (χ3n) is 3.15. The lowest BCUT2D eigenvalue weighted by molar-refractivity contribution is -0.116. The van der Waals surface area contributed by atoms with Crippen molar-refractivity contribution in [3.63, 3.8) is 0 Å². The molecule has 2 rings (SSSR count). The van der Waals surface area contributed by atoms with Crippen LogP contribution in [0.1, 0.15) is 25.0 Å². The highest BCUT2D eigenvalue weighted by Crippen LogP contribution is 2.16. The van der Waals surface area contributed by atoms with E-state index in [1.54, 1.807) is 20.8 Å². The van der Waals surface area contributed by atoms with Crippen LogP contribution in [0.25, 0.3) is 0 Å². The number of allylic oxidation sites excluding steroid dienone is 1. The first-order chi connectivity index (χ1) is 8.75. The number of hydrogen-bond acceptors (Lipinski definition) is 3. The number of H-pyrrole nitrogens is 2. The molecule has 0 saturated heterocycles. The van der Waals surface area contributed by atoms with Gasteiger partial charge >= 0.3 is 0 Å². The van der Waals surface area contributed by atoms with Crippen LogP contribution in [0, 0.1) is 13.8 Å². The Kier molecular flexibility index (Phi) is 4.26. The van der Waals surface area contributed by atoms with Crippen molar-refractivity contribution in [1.82, 2.24) is 15.5 Å². The molecule has 2 heterocycles. The van der Waals surface area contributed by atoms with Crippen LogP contribution >= 0.6 is 0 Å². The van der Waals surface area contributed by atoms with Crippen LogP contribution < -0.4 is 16.4 Å². The molecule has 0 aromatic carbocycles. The van der Waals surface area contributed by atoms with Gasteiger partial charge in [-0.3, -0.25) is 24.6 Å². The van der Waals surface area contributed by atoms with Gasteiger partial charge < -0.3 is 5.32 Å². The Morgan fingerprint density at radius 3 is 1.42 bits per heavy atom. The lowest BCUT2D eigenvalue weighted by Gasteiger charge is -1.92. The highest BCUT2D eigenvalue weighted by molar-refractivity contribution is 5.99. The van der Waals surface area contributed by atoms with Crippen LogP contribution in [0.4, 0.5) is 0 Å². The lowest BCUT2D eigenvalue weighted by Crippen LogP contribution is -2.23. The van der Waals surface area contributed by atoms with Gasteiger partial charge in [-0.25, -0.2) is 0 Å². The van der Waals surface area contributed by atoms with E-state index in [1.165, 1.54) is 0 Å². The van der Waals surface area contributed by atoms with E-state index in [0.717, 1.165) is 16.8 Å². The molecular weight excluding hydrogens is 246 g/mol. The minimum absolute atomic E-state index is 0.0162. The molecule has 19 heavy (non-hydrogen) atoms. The Labute approximate surface area is 110 Å². The highest BCUT2D eigenvalue weighted by Gasteiger charge is 2.17. The smallest absolute Gasteiger partial charge is 0.265 e. The Hall–Kier alpha value is -2.37. The van der Waals surface area contributed by atoms with Crippen molar-refractivity contribution in [3.05, 3.63) is 55.3 Å². The fraction of sp³-hybridized carbons (Fsp3) is 0.308.